The number of hydrogen-bond donors (Lipinski definition) is 2. The number of likely N-dealkylation sites (N-methyl/N-ethyl adjacent to an activating group) is 1. The fraction of sp³-hybridized carbons (Fsp3) is 0.417. The van der Waals surface area contributed by atoms with E-state index in [0.29, 0.717) is 5.56 Å². The van der Waals surface area contributed by atoms with Crippen LogP contribution in [0.5, 0.6) is 5.75 Å². The summed E-state index contributed by atoms with van der Waals surface area (Å²) in [4.78, 5) is 2.24. The summed E-state index contributed by atoms with van der Waals surface area (Å²) in [7, 11) is 2.08. The van der Waals surface area contributed by atoms with E-state index in [9.17, 15) is 0 Å². The molecule has 0 amide bonds. The zero-order valence-corrected chi connectivity index (χ0v) is 11.7. The van der Waals surface area contributed by atoms with E-state index in [1.807, 2.05) is 12.1 Å². The minimum absolute atomic E-state index is 0.0778. The Morgan fingerprint density at radius 3 is 2.94 bits per heavy atom. The van der Waals surface area contributed by atoms with Gasteiger partial charge in [0.25, 0.3) is 0 Å². The molecule has 1 atom stereocenters. The maximum absolute atomic E-state index is 8.65. The molecule has 1 unspecified atom stereocenters. The van der Waals surface area contributed by atoms with E-state index in [1.165, 1.54) is 0 Å². The fourth-order valence-corrected chi connectivity index (χ4v) is 2.57. The SMILES string of the molecule is CN1CCC(Oc2ccc(/C(N)=N/O)c(Br)c2)C1. The minimum atomic E-state index is 0.0778. The van der Waals surface area contributed by atoms with Crippen LogP contribution in [0.4, 0.5) is 0 Å². The predicted molar refractivity (Wildman–Crippen MR) is 73.2 cm³/mol. The van der Waals surface area contributed by atoms with E-state index in [-0.39, 0.29) is 11.9 Å². The van der Waals surface area contributed by atoms with Crippen LogP contribution in [0.3, 0.4) is 0 Å². The Kier molecular flexibility index (Phi) is 4.08. The van der Waals surface area contributed by atoms with Gasteiger partial charge < -0.3 is 20.6 Å². The first-order valence-corrected chi connectivity index (χ1v) is 6.52. The van der Waals surface area contributed by atoms with Crippen molar-refractivity contribution >= 4 is 21.8 Å². The molecule has 0 radical (unpaired) electrons. The number of benzene rings is 1. The van der Waals surface area contributed by atoms with E-state index in [4.69, 9.17) is 15.7 Å². The number of halogens is 1. The van der Waals surface area contributed by atoms with Gasteiger partial charge in [0.1, 0.15) is 11.9 Å². The van der Waals surface area contributed by atoms with E-state index in [1.54, 1.807) is 6.07 Å². The van der Waals surface area contributed by atoms with Crippen LogP contribution in [0.15, 0.2) is 27.8 Å². The van der Waals surface area contributed by atoms with Crippen molar-refractivity contribution in [3.8, 4) is 5.75 Å². The number of rotatable bonds is 3. The lowest BCUT2D eigenvalue weighted by atomic mass is 10.2. The van der Waals surface area contributed by atoms with Crippen LogP contribution in [-0.2, 0) is 0 Å². The van der Waals surface area contributed by atoms with Crippen molar-refractivity contribution in [3.63, 3.8) is 0 Å². The third kappa shape index (κ3) is 2.94. The summed E-state index contributed by atoms with van der Waals surface area (Å²) < 4.78 is 6.63. The largest absolute Gasteiger partial charge is 0.489 e. The van der Waals surface area contributed by atoms with Gasteiger partial charge in [0, 0.05) is 23.1 Å². The molecule has 98 valence electrons. The number of likely N-dealkylation sites (tertiary alicyclic amines) is 1. The average molecular weight is 314 g/mol. The summed E-state index contributed by atoms with van der Waals surface area (Å²) >= 11 is 3.39. The molecule has 1 saturated heterocycles. The zero-order chi connectivity index (χ0) is 13.1. The number of hydrogen-bond acceptors (Lipinski definition) is 4. The third-order valence-electron chi connectivity index (χ3n) is 2.98. The number of nitrogens with two attached hydrogens (primary N) is 1. The van der Waals surface area contributed by atoms with Gasteiger partial charge in [-0.1, -0.05) is 5.16 Å². The molecule has 1 aromatic carbocycles. The standard InChI is InChI=1S/C12H16BrN3O2/c1-16-5-4-9(7-16)18-8-2-3-10(11(13)6-8)12(14)15-17/h2-3,6,9,17H,4-5,7H2,1H3,(H2,14,15). The van der Waals surface area contributed by atoms with Gasteiger partial charge in [-0.15, -0.1) is 0 Å². The molecule has 5 nitrogen and oxygen atoms in total. The Morgan fingerprint density at radius 1 is 1.61 bits per heavy atom. The second-order valence-corrected chi connectivity index (χ2v) is 5.27. The van der Waals surface area contributed by atoms with Crippen LogP contribution < -0.4 is 10.5 Å². The smallest absolute Gasteiger partial charge is 0.171 e. The molecule has 1 fully saturated rings. The molecule has 1 aliphatic heterocycles. The van der Waals surface area contributed by atoms with Crippen molar-refractivity contribution < 1.29 is 9.94 Å². The quantitative estimate of drug-likeness (QED) is 0.385. The van der Waals surface area contributed by atoms with Gasteiger partial charge >= 0.3 is 0 Å². The monoisotopic (exact) mass is 313 g/mol. The van der Waals surface area contributed by atoms with Crippen molar-refractivity contribution in [1.82, 2.24) is 4.90 Å². The molecule has 2 rings (SSSR count). The van der Waals surface area contributed by atoms with Gasteiger partial charge in [-0.2, -0.15) is 0 Å². The number of amidine groups is 1. The van der Waals surface area contributed by atoms with Crippen molar-refractivity contribution in [2.45, 2.75) is 12.5 Å². The molecule has 6 heteroatoms. The zero-order valence-electron chi connectivity index (χ0n) is 10.1. The Balaban J connectivity index is 2.09. The first-order valence-electron chi connectivity index (χ1n) is 5.73. The second kappa shape index (κ2) is 5.58. The van der Waals surface area contributed by atoms with Crippen LogP contribution >= 0.6 is 15.9 Å². The molecule has 1 aliphatic rings. The Labute approximate surface area is 114 Å². The maximum Gasteiger partial charge on any atom is 0.171 e. The normalized spacial score (nSPS) is 21.2. The highest BCUT2D eigenvalue weighted by Crippen LogP contribution is 2.25. The van der Waals surface area contributed by atoms with Gasteiger partial charge in [-0.3, -0.25) is 0 Å². The lowest BCUT2D eigenvalue weighted by Gasteiger charge is -2.14. The fourth-order valence-electron chi connectivity index (χ4n) is 2.01. The lowest BCUT2D eigenvalue weighted by molar-refractivity contribution is 0.208. The molecular weight excluding hydrogens is 298 g/mol. The van der Waals surface area contributed by atoms with Crippen LogP contribution in [-0.4, -0.2) is 42.2 Å². The topological polar surface area (TPSA) is 71.1 Å². The van der Waals surface area contributed by atoms with Gasteiger partial charge in [0.2, 0.25) is 0 Å². The molecule has 0 spiro atoms. The number of ether oxygens (including phenoxy) is 1. The predicted octanol–water partition coefficient (Wildman–Crippen LogP) is 1.63. The van der Waals surface area contributed by atoms with E-state index in [2.05, 4.69) is 33.0 Å². The molecular formula is C12H16BrN3O2. The van der Waals surface area contributed by atoms with Gasteiger partial charge in [-0.05, 0) is 47.6 Å². The van der Waals surface area contributed by atoms with Crippen LogP contribution in [0.25, 0.3) is 0 Å². The maximum atomic E-state index is 8.65. The second-order valence-electron chi connectivity index (χ2n) is 4.42. The molecule has 0 aliphatic carbocycles. The Morgan fingerprint density at radius 2 is 2.39 bits per heavy atom. The summed E-state index contributed by atoms with van der Waals surface area (Å²) in [6, 6.07) is 5.44. The Hall–Kier alpha value is -1.27. The first-order chi connectivity index (χ1) is 8.60. The van der Waals surface area contributed by atoms with Crippen LogP contribution in [0.2, 0.25) is 0 Å². The van der Waals surface area contributed by atoms with Crippen LogP contribution in [0, 0.1) is 0 Å². The Bertz CT molecular complexity index is 465. The van der Waals surface area contributed by atoms with Gasteiger partial charge in [-0.25, -0.2) is 0 Å². The molecule has 0 bridgehead atoms. The number of nitrogens with zero attached hydrogens (tertiary/aromatic N) is 2. The molecule has 1 aromatic rings. The molecule has 18 heavy (non-hydrogen) atoms. The highest BCUT2D eigenvalue weighted by molar-refractivity contribution is 9.10. The highest BCUT2D eigenvalue weighted by atomic mass is 79.9. The van der Waals surface area contributed by atoms with E-state index < -0.39 is 0 Å². The molecule has 0 aromatic heterocycles. The molecule has 0 saturated carbocycles. The van der Waals surface area contributed by atoms with Crippen LogP contribution in [0.1, 0.15) is 12.0 Å². The average Bonchev–Trinajstić information content (AvgIpc) is 2.74. The van der Waals surface area contributed by atoms with Gasteiger partial charge in [0.15, 0.2) is 5.84 Å². The van der Waals surface area contributed by atoms with Crippen molar-refractivity contribution in [3.05, 3.63) is 28.2 Å². The van der Waals surface area contributed by atoms with E-state index >= 15 is 0 Å². The molecule has 1 heterocycles. The summed E-state index contributed by atoms with van der Waals surface area (Å²) in [5.41, 5.74) is 6.20. The van der Waals surface area contributed by atoms with Crippen molar-refractivity contribution in [2.75, 3.05) is 20.1 Å². The summed E-state index contributed by atoms with van der Waals surface area (Å²) in [6.07, 6.45) is 1.27. The van der Waals surface area contributed by atoms with Crippen molar-refractivity contribution in [2.24, 2.45) is 10.9 Å². The van der Waals surface area contributed by atoms with Gasteiger partial charge in [0.05, 0.1) is 0 Å². The lowest BCUT2D eigenvalue weighted by Crippen LogP contribution is -2.21. The third-order valence-corrected chi connectivity index (χ3v) is 3.63. The number of oxime groups is 1. The minimum Gasteiger partial charge on any atom is -0.489 e. The molecule has 3 N–H and O–H groups in total. The summed E-state index contributed by atoms with van der Waals surface area (Å²) in [6.45, 7) is 2.01. The first kappa shape index (κ1) is 13.2. The summed E-state index contributed by atoms with van der Waals surface area (Å²) in [5.74, 6) is 0.866. The highest BCUT2D eigenvalue weighted by Gasteiger charge is 2.21. The van der Waals surface area contributed by atoms with Crippen molar-refractivity contribution in [1.29, 1.82) is 0 Å². The van der Waals surface area contributed by atoms with E-state index in [0.717, 1.165) is 29.7 Å². The summed E-state index contributed by atoms with van der Waals surface area (Å²) in [5, 5.41) is 11.6.